The summed E-state index contributed by atoms with van der Waals surface area (Å²) in [7, 11) is 0. The molecule has 3 rings (SSSR count). The van der Waals surface area contributed by atoms with Crippen LogP contribution in [0.4, 0.5) is 0 Å². The van der Waals surface area contributed by atoms with E-state index in [0.717, 1.165) is 10.9 Å². The number of hydrogen-bond acceptors (Lipinski definition) is 3. The second-order valence-corrected chi connectivity index (χ2v) is 4.76. The van der Waals surface area contributed by atoms with Crippen LogP contribution in [0.1, 0.15) is 5.56 Å². The summed E-state index contributed by atoms with van der Waals surface area (Å²) in [5, 5.41) is 10.8. The van der Waals surface area contributed by atoms with Gasteiger partial charge >= 0.3 is 0 Å². The fraction of sp³-hybridized carbons (Fsp3) is 0.0625. The van der Waals surface area contributed by atoms with E-state index in [0.29, 0.717) is 22.1 Å². The maximum Gasteiger partial charge on any atom is 0.151 e. The molecule has 0 spiro atoms. The van der Waals surface area contributed by atoms with Crippen LogP contribution >= 0.6 is 11.6 Å². The molecule has 0 aliphatic heterocycles. The molecule has 0 atom stereocenters. The van der Waals surface area contributed by atoms with Crippen LogP contribution in [0.2, 0.25) is 5.02 Å². The molecule has 0 radical (unpaired) electrons. The van der Waals surface area contributed by atoms with Gasteiger partial charge in [0.15, 0.2) is 5.75 Å². The molecule has 3 nitrogen and oxygen atoms in total. The lowest BCUT2D eigenvalue weighted by molar-refractivity contribution is 0.276. The molecular weight excluding hydrogens is 274 g/mol. The molecule has 1 aromatic heterocycles. The van der Waals surface area contributed by atoms with Gasteiger partial charge in [0, 0.05) is 10.9 Å². The lowest BCUT2D eigenvalue weighted by atomic mass is 10.2. The smallest absolute Gasteiger partial charge is 0.151 e. The third-order valence-corrected chi connectivity index (χ3v) is 3.30. The van der Waals surface area contributed by atoms with Gasteiger partial charge in [0.25, 0.3) is 0 Å². The van der Waals surface area contributed by atoms with Gasteiger partial charge in [-0.1, -0.05) is 41.9 Å². The number of para-hydroxylation sites is 2. The van der Waals surface area contributed by atoms with E-state index in [-0.39, 0.29) is 6.61 Å². The average molecular weight is 286 g/mol. The molecule has 4 heteroatoms. The molecule has 3 aromatic rings. The third kappa shape index (κ3) is 2.46. The molecule has 0 amide bonds. The van der Waals surface area contributed by atoms with Crippen molar-refractivity contribution in [3.63, 3.8) is 0 Å². The number of aromatic nitrogens is 1. The van der Waals surface area contributed by atoms with E-state index in [1.54, 1.807) is 24.4 Å². The summed E-state index contributed by atoms with van der Waals surface area (Å²) in [6, 6.07) is 15.0. The molecular formula is C16H12ClNO2. The third-order valence-electron chi connectivity index (χ3n) is 3.00. The van der Waals surface area contributed by atoms with Crippen LogP contribution in [0.5, 0.6) is 11.5 Å². The predicted octanol–water partition coefficient (Wildman–Crippen LogP) is 4.17. The molecule has 20 heavy (non-hydrogen) atoms. The Bertz CT molecular complexity index is 758. The maximum absolute atomic E-state index is 9.34. The number of fused-ring (bicyclic) bond motifs is 1. The number of nitrogens with zero attached hydrogens (tertiary/aromatic N) is 1. The maximum atomic E-state index is 9.34. The summed E-state index contributed by atoms with van der Waals surface area (Å²) in [5.74, 6) is 1.06. The molecule has 0 fully saturated rings. The fourth-order valence-electron chi connectivity index (χ4n) is 2.02. The minimum absolute atomic E-state index is 0.128. The Kier molecular flexibility index (Phi) is 3.54. The quantitative estimate of drug-likeness (QED) is 0.785. The molecule has 0 aliphatic carbocycles. The zero-order chi connectivity index (χ0) is 13.9. The van der Waals surface area contributed by atoms with E-state index in [4.69, 9.17) is 16.3 Å². The van der Waals surface area contributed by atoms with Gasteiger partial charge in [-0.15, -0.1) is 0 Å². The zero-order valence-electron chi connectivity index (χ0n) is 10.6. The standard InChI is InChI=1S/C16H12ClNO2/c17-14-6-3-5-12(10-19)16(14)20-13-8-11-4-1-2-7-15(11)18-9-13/h1-9,19H,10H2. The van der Waals surface area contributed by atoms with E-state index < -0.39 is 0 Å². The SMILES string of the molecule is OCc1cccc(Cl)c1Oc1cnc2ccccc2c1. The highest BCUT2D eigenvalue weighted by Gasteiger charge is 2.09. The molecule has 1 N–H and O–H groups in total. The van der Waals surface area contributed by atoms with Crippen LogP contribution < -0.4 is 4.74 Å². The largest absolute Gasteiger partial charge is 0.454 e. The fourth-order valence-corrected chi connectivity index (χ4v) is 2.25. The first kappa shape index (κ1) is 12.9. The Morgan fingerprint density at radius 2 is 1.95 bits per heavy atom. The monoisotopic (exact) mass is 285 g/mol. The number of aliphatic hydroxyl groups is 1. The highest BCUT2D eigenvalue weighted by atomic mass is 35.5. The summed E-state index contributed by atoms with van der Waals surface area (Å²) >= 11 is 6.12. The second-order valence-electron chi connectivity index (χ2n) is 4.35. The van der Waals surface area contributed by atoms with E-state index in [1.165, 1.54) is 0 Å². The van der Waals surface area contributed by atoms with E-state index >= 15 is 0 Å². The summed E-state index contributed by atoms with van der Waals surface area (Å²) in [5.41, 5.74) is 1.55. The van der Waals surface area contributed by atoms with Crippen molar-refractivity contribution in [3.05, 3.63) is 65.3 Å². The molecule has 0 saturated carbocycles. The van der Waals surface area contributed by atoms with Crippen LogP contribution in [0, 0.1) is 0 Å². The van der Waals surface area contributed by atoms with Crippen molar-refractivity contribution in [2.45, 2.75) is 6.61 Å². The summed E-state index contributed by atoms with van der Waals surface area (Å²) in [6.07, 6.45) is 1.65. The highest BCUT2D eigenvalue weighted by molar-refractivity contribution is 6.32. The molecule has 0 bridgehead atoms. The van der Waals surface area contributed by atoms with E-state index in [9.17, 15) is 5.11 Å². The molecule has 100 valence electrons. The van der Waals surface area contributed by atoms with Gasteiger partial charge in [0.05, 0.1) is 23.3 Å². The second kappa shape index (κ2) is 5.49. The van der Waals surface area contributed by atoms with E-state index in [1.807, 2.05) is 30.3 Å². The normalized spacial score (nSPS) is 10.7. The summed E-state index contributed by atoms with van der Waals surface area (Å²) in [6.45, 7) is -0.128. The van der Waals surface area contributed by atoms with Crippen molar-refractivity contribution < 1.29 is 9.84 Å². The first-order valence-corrected chi connectivity index (χ1v) is 6.56. The summed E-state index contributed by atoms with van der Waals surface area (Å²) in [4.78, 5) is 4.33. The number of benzene rings is 2. The van der Waals surface area contributed by atoms with Gasteiger partial charge < -0.3 is 9.84 Å². The minimum Gasteiger partial charge on any atom is -0.454 e. The van der Waals surface area contributed by atoms with Gasteiger partial charge in [-0.2, -0.15) is 0 Å². The molecule has 0 aliphatic rings. The first-order chi connectivity index (χ1) is 9.78. The van der Waals surface area contributed by atoms with Gasteiger partial charge in [0.1, 0.15) is 5.75 Å². The molecule has 2 aromatic carbocycles. The lowest BCUT2D eigenvalue weighted by Crippen LogP contribution is -1.93. The van der Waals surface area contributed by atoms with Crippen molar-refractivity contribution in [2.24, 2.45) is 0 Å². The van der Waals surface area contributed by atoms with Crippen molar-refractivity contribution in [2.75, 3.05) is 0 Å². The Labute approximate surface area is 121 Å². The molecule has 0 unspecified atom stereocenters. The Hall–Kier alpha value is -2.10. The highest BCUT2D eigenvalue weighted by Crippen LogP contribution is 2.33. The Morgan fingerprint density at radius 3 is 2.80 bits per heavy atom. The van der Waals surface area contributed by atoms with Crippen molar-refractivity contribution in [1.29, 1.82) is 0 Å². The van der Waals surface area contributed by atoms with Crippen LogP contribution in [-0.2, 0) is 6.61 Å². The summed E-state index contributed by atoms with van der Waals surface area (Å²) < 4.78 is 5.78. The lowest BCUT2D eigenvalue weighted by Gasteiger charge is -2.11. The number of hydrogen-bond donors (Lipinski definition) is 1. The van der Waals surface area contributed by atoms with Crippen LogP contribution in [0.25, 0.3) is 10.9 Å². The van der Waals surface area contributed by atoms with E-state index in [2.05, 4.69) is 4.98 Å². The average Bonchev–Trinajstić information content (AvgIpc) is 2.49. The number of halogens is 1. The number of rotatable bonds is 3. The number of aliphatic hydroxyl groups excluding tert-OH is 1. The zero-order valence-corrected chi connectivity index (χ0v) is 11.3. The van der Waals surface area contributed by atoms with Crippen LogP contribution in [0.15, 0.2) is 54.7 Å². The van der Waals surface area contributed by atoms with Gasteiger partial charge in [-0.05, 0) is 18.2 Å². The van der Waals surface area contributed by atoms with Crippen molar-refractivity contribution >= 4 is 22.5 Å². The van der Waals surface area contributed by atoms with Gasteiger partial charge in [-0.3, -0.25) is 4.98 Å². The topological polar surface area (TPSA) is 42.4 Å². The van der Waals surface area contributed by atoms with Crippen molar-refractivity contribution in [3.8, 4) is 11.5 Å². The Morgan fingerprint density at radius 1 is 1.10 bits per heavy atom. The van der Waals surface area contributed by atoms with Gasteiger partial charge in [0.2, 0.25) is 0 Å². The number of pyridine rings is 1. The van der Waals surface area contributed by atoms with Gasteiger partial charge in [-0.25, -0.2) is 0 Å². The minimum atomic E-state index is -0.128. The predicted molar refractivity (Wildman–Crippen MR) is 79.2 cm³/mol. The molecule has 0 saturated heterocycles. The van der Waals surface area contributed by atoms with Crippen molar-refractivity contribution in [1.82, 2.24) is 4.98 Å². The first-order valence-electron chi connectivity index (χ1n) is 6.19. The molecule has 1 heterocycles. The van der Waals surface area contributed by atoms with Crippen LogP contribution in [0.3, 0.4) is 0 Å². The Balaban J connectivity index is 2.01. The number of ether oxygens (including phenoxy) is 1. The van der Waals surface area contributed by atoms with Crippen LogP contribution in [-0.4, -0.2) is 10.1 Å².